The zero-order chi connectivity index (χ0) is 14.8. The first-order chi connectivity index (χ1) is 9.36. The molecule has 0 unspecified atom stereocenters. The lowest BCUT2D eigenvalue weighted by Gasteiger charge is -2.05. The van der Waals surface area contributed by atoms with E-state index < -0.39 is 17.8 Å². The van der Waals surface area contributed by atoms with Crippen LogP contribution in [-0.2, 0) is 6.18 Å². The number of carboxylic acids is 1. The van der Waals surface area contributed by atoms with Gasteiger partial charge in [0.25, 0.3) is 0 Å². The summed E-state index contributed by atoms with van der Waals surface area (Å²) in [6, 6.07) is 4.80. The molecule has 1 N–H and O–H groups in total. The van der Waals surface area contributed by atoms with Gasteiger partial charge in [0.15, 0.2) is 5.69 Å². The SMILES string of the molecule is O=C(O)c1cc(Sc2ccc(C(F)(F)F)nn2)ccn1. The molecule has 0 aliphatic rings. The number of nitrogens with zero attached hydrogens (tertiary/aromatic N) is 3. The highest BCUT2D eigenvalue weighted by atomic mass is 32.2. The van der Waals surface area contributed by atoms with E-state index in [0.29, 0.717) is 4.90 Å². The molecule has 0 radical (unpaired) electrons. The highest BCUT2D eigenvalue weighted by molar-refractivity contribution is 7.99. The second kappa shape index (κ2) is 5.45. The smallest absolute Gasteiger partial charge is 0.435 e. The quantitative estimate of drug-likeness (QED) is 0.939. The Bertz CT molecular complexity index is 632. The third-order valence-corrected chi connectivity index (χ3v) is 3.02. The van der Waals surface area contributed by atoms with E-state index in [0.717, 1.165) is 17.8 Å². The minimum absolute atomic E-state index is 0.158. The van der Waals surface area contributed by atoms with Gasteiger partial charge in [-0.1, -0.05) is 11.8 Å². The van der Waals surface area contributed by atoms with Crippen molar-refractivity contribution in [1.82, 2.24) is 15.2 Å². The Labute approximate surface area is 114 Å². The molecule has 20 heavy (non-hydrogen) atoms. The second-order valence-corrected chi connectivity index (χ2v) is 4.63. The molecule has 0 aromatic carbocycles. The summed E-state index contributed by atoms with van der Waals surface area (Å²) in [5.41, 5.74) is -1.24. The summed E-state index contributed by atoms with van der Waals surface area (Å²) in [5.74, 6) is -1.19. The molecule has 2 rings (SSSR count). The van der Waals surface area contributed by atoms with Crippen LogP contribution >= 0.6 is 11.8 Å². The van der Waals surface area contributed by atoms with Gasteiger partial charge in [0.1, 0.15) is 10.7 Å². The molecule has 0 fully saturated rings. The van der Waals surface area contributed by atoms with Gasteiger partial charge in [-0.05, 0) is 24.3 Å². The van der Waals surface area contributed by atoms with E-state index in [1.165, 1.54) is 24.4 Å². The Kier molecular flexibility index (Phi) is 3.89. The van der Waals surface area contributed by atoms with Gasteiger partial charge in [-0.25, -0.2) is 9.78 Å². The van der Waals surface area contributed by atoms with E-state index in [-0.39, 0.29) is 10.7 Å². The highest BCUT2D eigenvalue weighted by Crippen LogP contribution is 2.29. The molecular formula is C11H6F3N3O2S. The monoisotopic (exact) mass is 301 g/mol. The van der Waals surface area contributed by atoms with E-state index >= 15 is 0 Å². The van der Waals surface area contributed by atoms with Crippen molar-refractivity contribution in [2.24, 2.45) is 0 Å². The Hall–Kier alpha value is -2.16. The van der Waals surface area contributed by atoms with E-state index in [1.807, 2.05) is 0 Å². The van der Waals surface area contributed by atoms with Crippen molar-refractivity contribution in [3.63, 3.8) is 0 Å². The van der Waals surface area contributed by atoms with Gasteiger partial charge in [0, 0.05) is 11.1 Å². The Balaban J connectivity index is 2.18. The van der Waals surface area contributed by atoms with Crippen molar-refractivity contribution < 1.29 is 23.1 Å². The molecule has 2 aromatic heterocycles. The normalized spacial score (nSPS) is 11.3. The third-order valence-electron chi connectivity index (χ3n) is 2.10. The first-order valence-electron chi connectivity index (χ1n) is 5.14. The molecule has 0 amide bonds. The number of pyridine rings is 1. The minimum atomic E-state index is -4.54. The molecule has 9 heteroatoms. The van der Waals surface area contributed by atoms with Crippen molar-refractivity contribution in [3.05, 3.63) is 41.9 Å². The number of carboxylic acid groups (broad SMARTS) is 1. The third kappa shape index (κ3) is 3.44. The predicted octanol–water partition coefficient (Wildman–Crippen LogP) is 2.74. The van der Waals surface area contributed by atoms with Crippen LogP contribution in [0.25, 0.3) is 0 Å². The van der Waals surface area contributed by atoms with Crippen LogP contribution in [0.15, 0.2) is 40.4 Å². The van der Waals surface area contributed by atoms with Crippen LogP contribution in [0, 0.1) is 0 Å². The second-order valence-electron chi connectivity index (χ2n) is 3.54. The summed E-state index contributed by atoms with van der Waals surface area (Å²) in [6.45, 7) is 0. The van der Waals surface area contributed by atoms with E-state index in [9.17, 15) is 18.0 Å². The average Bonchev–Trinajstić information content (AvgIpc) is 2.38. The van der Waals surface area contributed by atoms with E-state index in [4.69, 9.17) is 5.11 Å². The van der Waals surface area contributed by atoms with Crippen LogP contribution in [0.4, 0.5) is 13.2 Å². The van der Waals surface area contributed by atoms with Gasteiger partial charge in [-0.3, -0.25) is 0 Å². The molecule has 0 bridgehead atoms. The molecule has 0 saturated heterocycles. The zero-order valence-corrected chi connectivity index (χ0v) is 10.4. The number of alkyl halides is 3. The van der Waals surface area contributed by atoms with Gasteiger partial charge in [0.05, 0.1) is 0 Å². The van der Waals surface area contributed by atoms with Crippen LogP contribution in [-0.4, -0.2) is 26.3 Å². The number of carbonyl (C=O) groups is 1. The van der Waals surface area contributed by atoms with Crippen LogP contribution in [0.2, 0.25) is 0 Å². The topological polar surface area (TPSA) is 76.0 Å². The lowest BCUT2D eigenvalue weighted by Crippen LogP contribution is -2.08. The number of aromatic nitrogens is 3. The van der Waals surface area contributed by atoms with Crippen molar-refractivity contribution in [3.8, 4) is 0 Å². The van der Waals surface area contributed by atoms with Gasteiger partial charge in [-0.15, -0.1) is 10.2 Å². The molecule has 2 aromatic rings. The molecular weight excluding hydrogens is 295 g/mol. The van der Waals surface area contributed by atoms with Gasteiger partial charge in [-0.2, -0.15) is 13.2 Å². The summed E-state index contributed by atoms with van der Waals surface area (Å²) in [6.07, 6.45) is -3.24. The lowest BCUT2D eigenvalue weighted by molar-refractivity contribution is -0.141. The largest absolute Gasteiger partial charge is 0.477 e. The number of halogens is 3. The van der Waals surface area contributed by atoms with Crippen LogP contribution < -0.4 is 0 Å². The number of hydrogen-bond donors (Lipinski definition) is 1. The van der Waals surface area contributed by atoms with Crippen molar-refractivity contribution in [2.45, 2.75) is 16.1 Å². The average molecular weight is 301 g/mol. The molecule has 2 heterocycles. The fraction of sp³-hybridized carbons (Fsp3) is 0.0909. The maximum absolute atomic E-state index is 12.3. The molecule has 0 spiro atoms. The molecule has 0 aliphatic carbocycles. The lowest BCUT2D eigenvalue weighted by atomic mass is 10.3. The Morgan fingerprint density at radius 1 is 1.20 bits per heavy atom. The van der Waals surface area contributed by atoms with E-state index in [1.54, 1.807) is 0 Å². The first kappa shape index (κ1) is 14.3. The highest BCUT2D eigenvalue weighted by Gasteiger charge is 2.32. The Morgan fingerprint density at radius 2 is 1.95 bits per heavy atom. The molecule has 0 aliphatic heterocycles. The number of rotatable bonds is 3. The van der Waals surface area contributed by atoms with Gasteiger partial charge < -0.3 is 5.11 Å². The van der Waals surface area contributed by atoms with E-state index in [2.05, 4.69) is 15.2 Å². The summed E-state index contributed by atoms with van der Waals surface area (Å²) in [7, 11) is 0. The molecule has 0 saturated carbocycles. The Morgan fingerprint density at radius 3 is 2.50 bits per heavy atom. The van der Waals surface area contributed by atoms with Crippen molar-refractivity contribution in [1.29, 1.82) is 0 Å². The molecule has 104 valence electrons. The van der Waals surface area contributed by atoms with Crippen molar-refractivity contribution in [2.75, 3.05) is 0 Å². The van der Waals surface area contributed by atoms with Crippen LogP contribution in [0.5, 0.6) is 0 Å². The fourth-order valence-electron chi connectivity index (χ4n) is 1.24. The van der Waals surface area contributed by atoms with Gasteiger partial charge >= 0.3 is 12.1 Å². The maximum Gasteiger partial charge on any atom is 0.435 e. The summed E-state index contributed by atoms with van der Waals surface area (Å²) in [4.78, 5) is 14.9. The maximum atomic E-state index is 12.3. The first-order valence-corrected chi connectivity index (χ1v) is 5.96. The zero-order valence-electron chi connectivity index (χ0n) is 9.63. The van der Waals surface area contributed by atoms with Crippen LogP contribution in [0.3, 0.4) is 0 Å². The van der Waals surface area contributed by atoms with Crippen LogP contribution in [0.1, 0.15) is 16.2 Å². The van der Waals surface area contributed by atoms with Gasteiger partial charge in [0.2, 0.25) is 0 Å². The molecule has 0 atom stereocenters. The minimum Gasteiger partial charge on any atom is -0.477 e. The summed E-state index contributed by atoms with van der Waals surface area (Å²) in [5, 5.41) is 15.5. The number of aromatic carboxylic acids is 1. The summed E-state index contributed by atoms with van der Waals surface area (Å²) >= 11 is 0.994. The summed E-state index contributed by atoms with van der Waals surface area (Å²) < 4.78 is 36.9. The molecule has 5 nitrogen and oxygen atoms in total. The standard InChI is InChI=1S/C11H6F3N3O2S/c12-11(13,14)8-1-2-9(17-16-8)20-6-3-4-15-7(5-6)10(18)19/h1-5H,(H,18,19). The fourth-order valence-corrected chi connectivity index (χ4v) is 2.00. The van der Waals surface area contributed by atoms with Crippen molar-refractivity contribution >= 4 is 17.7 Å². The predicted molar refractivity (Wildman–Crippen MR) is 62.4 cm³/mol. The number of hydrogen-bond acceptors (Lipinski definition) is 5.